The van der Waals surface area contributed by atoms with Crippen LogP contribution in [0.2, 0.25) is 5.02 Å². The van der Waals surface area contributed by atoms with Crippen LogP contribution >= 0.6 is 11.6 Å². The molecule has 2 nitrogen and oxygen atoms in total. The van der Waals surface area contributed by atoms with Crippen molar-refractivity contribution in [1.82, 2.24) is 0 Å². The van der Waals surface area contributed by atoms with E-state index in [0.29, 0.717) is 11.4 Å². The van der Waals surface area contributed by atoms with Gasteiger partial charge >= 0.3 is 5.97 Å². The summed E-state index contributed by atoms with van der Waals surface area (Å²) in [5.41, 5.74) is 5.49. The second kappa shape index (κ2) is 6.10. The zero-order valence-corrected chi connectivity index (χ0v) is 12.6. The monoisotopic (exact) mass is 288 g/mol. The van der Waals surface area contributed by atoms with Gasteiger partial charge in [-0.05, 0) is 53.8 Å². The third-order valence-electron chi connectivity index (χ3n) is 3.40. The van der Waals surface area contributed by atoms with E-state index in [0.717, 1.165) is 22.3 Å². The number of esters is 1. The number of carbonyl (C=O) groups is 1. The first-order valence-corrected chi connectivity index (χ1v) is 6.82. The maximum atomic E-state index is 11.5. The van der Waals surface area contributed by atoms with Gasteiger partial charge in [0, 0.05) is 5.02 Å². The normalized spacial score (nSPS) is 10.4. The fourth-order valence-electron chi connectivity index (χ4n) is 2.26. The standard InChI is InChI=1S/C17H17ClO2/c1-11-8-12(2)16(9-14(11)10-17(19)20-3)13-4-6-15(18)7-5-13/h4-9H,10H2,1-3H3. The predicted octanol–water partition coefficient (Wildman–Crippen LogP) is 4.34. The third kappa shape index (κ3) is 3.20. The first-order chi connectivity index (χ1) is 9.51. The van der Waals surface area contributed by atoms with Crippen LogP contribution < -0.4 is 0 Å². The molecule has 2 aromatic carbocycles. The van der Waals surface area contributed by atoms with Gasteiger partial charge in [-0.15, -0.1) is 0 Å². The van der Waals surface area contributed by atoms with Crippen LogP contribution in [0.3, 0.4) is 0 Å². The third-order valence-corrected chi connectivity index (χ3v) is 3.65. The molecule has 104 valence electrons. The molecule has 0 aliphatic carbocycles. The van der Waals surface area contributed by atoms with Crippen LogP contribution in [0.5, 0.6) is 0 Å². The highest BCUT2D eigenvalue weighted by Crippen LogP contribution is 2.28. The van der Waals surface area contributed by atoms with Crippen LogP contribution in [0, 0.1) is 13.8 Å². The minimum Gasteiger partial charge on any atom is -0.469 e. The predicted molar refractivity (Wildman–Crippen MR) is 82.1 cm³/mol. The summed E-state index contributed by atoms with van der Waals surface area (Å²) in [6.45, 7) is 4.08. The molecule has 0 bridgehead atoms. The number of hydrogen-bond donors (Lipinski definition) is 0. The zero-order chi connectivity index (χ0) is 14.7. The van der Waals surface area contributed by atoms with E-state index in [-0.39, 0.29) is 5.97 Å². The first kappa shape index (κ1) is 14.6. The molecule has 20 heavy (non-hydrogen) atoms. The maximum Gasteiger partial charge on any atom is 0.309 e. The summed E-state index contributed by atoms with van der Waals surface area (Å²) in [6, 6.07) is 11.9. The molecule has 0 aliphatic heterocycles. The Balaban J connectivity index is 2.45. The van der Waals surface area contributed by atoms with Gasteiger partial charge in [0.25, 0.3) is 0 Å². The molecule has 0 unspecified atom stereocenters. The summed E-state index contributed by atoms with van der Waals surface area (Å²) < 4.78 is 4.74. The van der Waals surface area contributed by atoms with E-state index in [1.165, 1.54) is 12.7 Å². The summed E-state index contributed by atoms with van der Waals surface area (Å²) in [5.74, 6) is -0.223. The molecule has 3 heteroatoms. The summed E-state index contributed by atoms with van der Waals surface area (Å²) in [5, 5.41) is 0.716. The molecule has 2 aromatic rings. The second-order valence-electron chi connectivity index (χ2n) is 4.85. The Morgan fingerprint density at radius 2 is 1.75 bits per heavy atom. The molecule has 0 heterocycles. The van der Waals surface area contributed by atoms with Gasteiger partial charge in [-0.1, -0.05) is 35.9 Å². The average Bonchev–Trinajstić information content (AvgIpc) is 2.43. The summed E-state index contributed by atoms with van der Waals surface area (Å²) in [4.78, 5) is 11.5. The number of rotatable bonds is 3. The molecule has 0 saturated heterocycles. The van der Waals surface area contributed by atoms with E-state index < -0.39 is 0 Å². The van der Waals surface area contributed by atoms with Crippen molar-refractivity contribution >= 4 is 17.6 Å². The van der Waals surface area contributed by atoms with Crippen LogP contribution in [-0.2, 0) is 16.0 Å². The number of ether oxygens (including phenoxy) is 1. The second-order valence-corrected chi connectivity index (χ2v) is 5.29. The van der Waals surface area contributed by atoms with Crippen LogP contribution in [0.4, 0.5) is 0 Å². The fraction of sp³-hybridized carbons (Fsp3) is 0.235. The van der Waals surface area contributed by atoms with Crippen molar-refractivity contribution in [2.45, 2.75) is 20.3 Å². The molecular weight excluding hydrogens is 272 g/mol. The van der Waals surface area contributed by atoms with E-state index >= 15 is 0 Å². The molecule has 0 radical (unpaired) electrons. The van der Waals surface area contributed by atoms with Crippen molar-refractivity contribution in [3.8, 4) is 11.1 Å². The molecule has 0 atom stereocenters. The summed E-state index contributed by atoms with van der Waals surface area (Å²) in [6.07, 6.45) is 0.295. The van der Waals surface area contributed by atoms with Crippen molar-refractivity contribution in [2.75, 3.05) is 7.11 Å². The van der Waals surface area contributed by atoms with Gasteiger partial charge in [0.15, 0.2) is 0 Å². The van der Waals surface area contributed by atoms with Crippen molar-refractivity contribution in [2.24, 2.45) is 0 Å². The largest absolute Gasteiger partial charge is 0.469 e. The lowest BCUT2D eigenvalue weighted by Gasteiger charge is -2.12. The Morgan fingerprint density at radius 3 is 2.35 bits per heavy atom. The van der Waals surface area contributed by atoms with E-state index in [2.05, 4.69) is 19.1 Å². The maximum absolute atomic E-state index is 11.5. The van der Waals surface area contributed by atoms with E-state index in [1.54, 1.807) is 0 Å². The molecule has 0 spiro atoms. The lowest BCUT2D eigenvalue weighted by atomic mass is 9.94. The number of halogens is 1. The highest BCUT2D eigenvalue weighted by atomic mass is 35.5. The van der Waals surface area contributed by atoms with Crippen molar-refractivity contribution in [3.63, 3.8) is 0 Å². The number of hydrogen-bond acceptors (Lipinski definition) is 2. The highest BCUT2D eigenvalue weighted by Gasteiger charge is 2.10. The van der Waals surface area contributed by atoms with Crippen LogP contribution in [0.1, 0.15) is 16.7 Å². The zero-order valence-electron chi connectivity index (χ0n) is 11.9. The van der Waals surface area contributed by atoms with Gasteiger partial charge in [-0.25, -0.2) is 0 Å². The SMILES string of the molecule is COC(=O)Cc1cc(-c2ccc(Cl)cc2)c(C)cc1C. The smallest absolute Gasteiger partial charge is 0.309 e. The lowest BCUT2D eigenvalue weighted by Crippen LogP contribution is -2.06. The number of benzene rings is 2. The molecule has 0 saturated carbocycles. The van der Waals surface area contributed by atoms with Crippen LogP contribution in [0.15, 0.2) is 36.4 Å². The van der Waals surface area contributed by atoms with Gasteiger partial charge in [-0.2, -0.15) is 0 Å². The highest BCUT2D eigenvalue weighted by molar-refractivity contribution is 6.30. The topological polar surface area (TPSA) is 26.3 Å². The Hall–Kier alpha value is -1.80. The van der Waals surface area contributed by atoms with Gasteiger partial charge in [0.1, 0.15) is 0 Å². The number of methoxy groups -OCH3 is 1. The minimum absolute atomic E-state index is 0.223. The number of aryl methyl sites for hydroxylation is 2. The Labute approximate surface area is 124 Å². The molecule has 0 aromatic heterocycles. The average molecular weight is 289 g/mol. The van der Waals surface area contributed by atoms with Gasteiger partial charge in [-0.3, -0.25) is 4.79 Å². The van der Waals surface area contributed by atoms with Crippen LogP contribution in [0.25, 0.3) is 11.1 Å². The molecule has 2 rings (SSSR count). The van der Waals surface area contributed by atoms with Gasteiger partial charge in [0.05, 0.1) is 13.5 Å². The fourth-order valence-corrected chi connectivity index (χ4v) is 2.38. The van der Waals surface area contributed by atoms with E-state index in [4.69, 9.17) is 16.3 Å². The van der Waals surface area contributed by atoms with Crippen molar-refractivity contribution < 1.29 is 9.53 Å². The Bertz CT molecular complexity index is 630. The summed E-state index contributed by atoms with van der Waals surface area (Å²) in [7, 11) is 1.41. The van der Waals surface area contributed by atoms with Crippen molar-refractivity contribution in [3.05, 3.63) is 58.1 Å². The van der Waals surface area contributed by atoms with E-state index in [9.17, 15) is 4.79 Å². The quantitative estimate of drug-likeness (QED) is 0.785. The Morgan fingerprint density at radius 1 is 1.10 bits per heavy atom. The molecule has 0 amide bonds. The molecular formula is C17H17ClO2. The summed E-state index contributed by atoms with van der Waals surface area (Å²) >= 11 is 5.92. The van der Waals surface area contributed by atoms with Crippen molar-refractivity contribution in [1.29, 1.82) is 0 Å². The lowest BCUT2D eigenvalue weighted by molar-refractivity contribution is -0.139. The van der Waals surface area contributed by atoms with Gasteiger partial charge < -0.3 is 4.74 Å². The molecule has 0 aliphatic rings. The minimum atomic E-state index is -0.223. The van der Waals surface area contributed by atoms with Gasteiger partial charge in [0.2, 0.25) is 0 Å². The van der Waals surface area contributed by atoms with Crippen LogP contribution in [-0.4, -0.2) is 13.1 Å². The number of carbonyl (C=O) groups excluding carboxylic acids is 1. The molecule has 0 N–H and O–H groups in total. The van der Waals surface area contributed by atoms with E-state index in [1.807, 2.05) is 31.2 Å². The Kier molecular flexibility index (Phi) is 4.46. The first-order valence-electron chi connectivity index (χ1n) is 6.44. The molecule has 0 fully saturated rings.